The van der Waals surface area contributed by atoms with Gasteiger partial charge in [0.05, 0.1) is 10.6 Å². The van der Waals surface area contributed by atoms with Crippen molar-refractivity contribution in [3.05, 3.63) is 35.0 Å². The molecule has 0 aliphatic carbocycles. The summed E-state index contributed by atoms with van der Waals surface area (Å²) >= 11 is 0. The summed E-state index contributed by atoms with van der Waals surface area (Å²) < 4.78 is 31.8. The van der Waals surface area contributed by atoms with Crippen molar-refractivity contribution in [2.75, 3.05) is 10.5 Å². The van der Waals surface area contributed by atoms with E-state index in [4.69, 9.17) is 10.3 Å². The summed E-state index contributed by atoms with van der Waals surface area (Å²) in [6.45, 7) is 5.15. The minimum atomic E-state index is -3.74. The van der Waals surface area contributed by atoms with Crippen molar-refractivity contribution >= 4 is 21.6 Å². The third-order valence-corrected chi connectivity index (χ3v) is 4.17. The van der Waals surface area contributed by atoms with Gasteiger partial charge < -0.3 is 10.3 Å². The van der Waals surface area contributed by atoms with E-state index in [0.29, 0.717) is 16.9 Å². The Morgan fingerprint density at radius 1 is 1.21 bits per heavy atom. The molecule has 0 fully saturated rings. The van der Waals surface area contributed by atoms with Crippen molar-refractivity contribution in [1.82, 2.24) is 5.16 Å². The van der Waals surface area contributed by atoms with Crippen LogP contribution in [0.3, 0.4) is 0 Å². The molecule has 0 aliphatic heterocycles. The fourth-order valence-corrected chi connectivity index (χ4v) is 3.06. The average molecular weight is 281 g/mol. The van der Waals surface area contributed by atoms with Crippen molar-refractivity contribution in [2.24, 2.45) is 0 Å². The lowest BCUT2D eigenvalue weighted by Crippen LogP contribution is -2.15. The second kappa shape index (κ2) is 4.58. The Kier molecular flexibility index (Phi) is 3.23. The Balaban J connectivity index is 2.45. The number of benzene rings is 1. The van der Waals surface area contributed by atoms with Gasteiger partial charge in [0.15, 0.2) is 0 Å². The number of aryl methyl sites for hydroxylation is 2. The average Bonchev–Trinajstić information content (AvgIpc) is 2.68. The highest BCUT2D eigenvalue weighted by atomic mass is 32.2. The Bertz CT molecular complexity index is 720. The largest absolute Gasteiger partial charge is 0.398 e. The molecule has 2 aromatic rings. The SMILES string of the molecule is Cc1cc(N)c(C)c(S(=O)(=O)Nc2cc(C)no2)c1. The quantitative estimate of drug-likeness (QED) is 0.838. The molecule has 0 saturated carbocycles. The first-order valence-electron chi connectivity index (χ1n) is 5.62. The molecule has 0 unspecified atom stereocenters. The van der Waals surface area contributed by atoms with Gasteiger partial charge in [0, 0.05) is 11.8 Å². The van der Waals surface area contributed by atoms with Crippen LogP contribution in [0, 0.1) is 20.8 Å². The topological polar surface area (TPSA) is 98.2 Å². The van der Waals surface area contributed by atoms with Gasteiger partial charge in [-0.3, -0.25) is 0 Å². The molecule has 0 spiro atoms. The highest BCUT2D eigenvalue weighted by Crippen LogP contribution is 2.25. The van der Waals surface area contributed by atoms with Crippen LogP contribution in [-0.4, -0.2) is 13.6 Å². The Morgan fingerprint density at radius 3 is 2.47 bits per heavy atom. The maximum Gasteiger partial charge on any atom is 0.264 e. The highest BCUT2D eigenvalue weighted by Gasteiger charge is 2.20. The third kappa shape index (κ3) is 2.70. The minimum Gasteiger partial charge on any atom is -0.398 e. The molecule has 6 nitrogen and oxygen atoms in total. The van der Waals surface area contributed by atoms with Gasteiger partial charge in [-0.05, 0) is 44.0 Å². The number of nitrogens with zero attached hydrogens (tertiary/aromatic N) is 1. The Labute approximate surface area is 111 Å². The lowest BCUT2D eigenvalue weighted by Gasteiger charge is -2.11. The van der Waals surface area contributed by atoms with Crippen LogP contribution in [0.2, 0.25) is 0 Å². The van der Waals surface area contributed by atoms with E-state index in [-0.39, 0.29) is 10.8 Å². The van der Waals surface area contributed by atoms with Gasteiger partial charge in [-0.25, -0.2) is 13.1 Å². The monoisotopic (exact) mass is 281 g/mol. The maximum atomic E-state index is 12.3. The summed E-state index contributed by atoms with van der Waals surface area (Å²) in [5, 5.41) is 3.63. The van der Waals surface area contributed by atoms with Gasteiger partial charge in [-0.1, -0.05) is 5.16 Å². The summed E-state index contributed by atoms with van der Waals surface area (Å²) in [6.07, 6.45) is 0. The number of rotatable bonds is 3. The molecule has 1 aromatic carbocycles. The first kappa shape index (κ1) is 13.4. The van der Waals surface area contributed by atoms with Crippen molar-refractivity contribution in [3.63, 3.8) is 0 Å². The van der Waals surface area contributed by atoms with Crippen LogP contribution < -0.4 is 10.5 Å². The van der Waals surface area contributed by atoms with Crippen LogP contribution in [0.25, 0.3) is 0 Å². The second-order valence-corrected chi connectivity index (χ2v) is 6.07. The molecule has 19 heavy (non-hydrogen) atoms. The van der Waals surface area contributed by atoms with Gasteiger partial charge in [-0.2, -0.15) is 0 Å². The van der Waals surface area contributed by atoms with Crippen molar-refractivity contribution in [1.29, 1.82) is 0 Å². The smallest absolute Gasteiger partial charge is 0.264 e. The molecule has 7 heteroatoms. The summed E-state index contributed by atoms with van der Waals surface area (Å²) in [5.41, 5.74) is 8.11. The van der Waals surface area contributed by atoms with E-state index >= 15 is 0 Å². The molecule has 3 N–H and O–H groups in total. The zero-order valence-corrected chi connectivity index (χ0v) is 11.7. The van der Waals surface area contributed by atoms with Gasteiger partial charge in [0.2, 0.25) is 5.88 Å². The number of nitrogens with one attached hydrogen (secondary N) is 1. The van der Waals surface area contributed by atoms with E-state index < -0.39 is 10.0 Å². The Hall–Kier alpha value is -2.02. The summed E-state index contributed by atoms with van der Waals surface area (Å²) in [4.78, 5) is 0.138. The van der Waals surface area contributed by atoms with Crippen molar-refractivity contribution in [3.8, 4) is 0 Å². The molecule has 0 aliphatic rings. The number of hydrogen-bond donors (Lipinski definition) is 2. The lowest BCUT2D eigenvalue weighted by molar-refractivity contribution is 0.430. The first-order chi connectivity index (χ1) is 8.79. The van der Waals surface area contributed by atoms with Gasteiger partial charge in [-0.15, -0.1) is 0 Å². The van der Waals surface area contributed by atoms with Gasteiger partial charge >= 0.3 is 0 Å². The predicted octanol–water partition coefficient (Wildman–Crippen LogP) is 1.98. The van der Waals surface area contributed by atoms with E-state index in [2.05, 4.69) is 9.88 Å². The molecule has 1 heterocycles. The highest BCUT2D eigenvalue weighted by molar-refractivity contribution is 7.92. The van der Waals surface area contributed by atoms with Crippen LogP contribution >= 0.6 is 0 Å². The van der Waals surface area contributed by atoms with Crippen LogP contribution in [0.15, 0.2) is 27.6 Å². The molecule has 0 saturated heterocycles. The minimum absolute atomic E-state index is 0.0805. The molecule has 0 atom stereocenters. The van der Waals surface area contributed by atoms with E-state index in [1.807, 2.05) is 0 Å². The molecular weight excluding hydrogens is 266 g/mol. The molecule has 102 valence electrons. The molecule has 2 rings (SSSR count). The second-order valence-electron chi connectivity index (χ2n) is 4.42. The molecular formula is C12H15N3O3S. The third-order valence-electron chi connectivity index (χ3n) is 2.70. The number of sulfonamides is 1. The van der Waals surface area contributed by atoms with Gasteiger partial charge in [0.1, 0.15) is 0 Å². The number of aromatic nitrogens is 1. The van der Waals surface area contributed by atoms with E-state index in [0.717, 1.165) is 5.56 Å². The molecule has 0 bridgehead atoms. The van der Waals surface area contributed by atoms with E-state index in [9.17, 15) is 8.42 Å². The normalized spacial score (nSPS) is 11.5. The number of anilines is 2. The van der Waals surface area contributed by atoms with E-state index in [1.54, 1.807) is 32.9 Å². The molecule has 1 aromatic heterocycles. The maximum absolute atomic E-state index is 12.3. The van der Waals surface area contributed by atoms with Crippen molar-refractivity contribution in [2.45, 2.75) is 25.7 Å². The van der Waals surface area contributed by atoms with Crippen LogP contribution in [0.5, 0.6) is 0 Å². The summed E-state index contributed by atoms with van der Waals surface area (Å²) in [6, 6.07) is 4.80. The summed E-state index contributed by atoms with van der Waals surface area (Å²) in [7, 11) is -3.74. The van der Waals surface area contributed by atoms with Crippen molar-refractivity contribution < 1.29 is 12.9 Å². The zero-order chi connectivity index (χ0) is 14.2. The molecule has 0 radical (unpaired) electrons. The molecule has 0 amide bonds. The predicted molar refractivity (Wildman–Crippen MR) is 72.4 cm³/mol. The van der Waals surface area contributed by atoms with Crippen LogP contribution in [0.4, 0.5) is 11.6 Å². The Morgan fingerprint density at radius 2 is 1.89 bits per heavy atom. The zero-order valence-electron chi connectivity index (χ0n) is 10.9. The van der Waals surface area contributed by atoms with E-state index in [1.165, 1.54) is 6.07 Å². The number of nitrogen functional groups attached to an aromatic ring is 1. The standard InChI is InChI=1S/C12H15N3O3S/c1-7-4-10(13)9(3)11(5-7)19(16,17)15-12-6-8(2)14-18-12/h4-6,15H,13H2,1-3H3. The lowest BCUT2D eigenvalue weighted by atomic mass is 10.1. The van der Waals surface area contributed by atoms with Gasteiger partial charge in [0.25, 0.3) is 10.0 Å². The number of nitrogens with two attached hydrogens (primary N) is 1. The number of hydrogen-bond acceptors (Lipinski definition) is 5. The van der Waals surface area contributed by atoms with Crippen LogP contribution in [0.1, 0.15) is 16.8 Å². The summed E-state index contributed by atoms with van der Waals surface area (Å²) in [5.74, 6) is 0.0805. The fourth-order valence-electron chi connectivity index (χ4n) is 1.73. The fraction of sp³-hybridized carbons (Fsp3) is 0.250. The first-order valence-corrected chi connectivity index (χ1v) is 7.11. The van der Waals surface area contributed by atoms with Crippen LogP contribution in [-0.2, 0) is 10.0 Å².